The fourth-order valence-corrected chi connectivity index (χ4v) is 3.97. The van der Waals surface area contributed by atoms with E-state index in [1.165, 1.54) is 6.07 Å². The third-order valence-electron chi connectivity index (χ3n) is 5.50. The van der Waals surface area contributed by atoms with Crippen molar-refractivity contribution >= 4 is 5.91 Å². The molecule has 0 saturated carbocycles. The molecule has 2 atom stereocenters. The van der Waals surface area contributed by atoms with Crippen LogP contribution in [0.25, 0.3) is 0 Å². The van der Waals surface area contributed by atoms with Crippen LogP contribution in [0.5, 0.6) is 0 Å². The molecule has 150 valence electrons. The summed E-state index contributed by atoms with van der Waals surface area (Å²) in [5.74, 6) is -1.47. The van der Waals surface area contributed by atoms with Gasteiger partial charge in [0.15, 0.2) is 0 Å². The summed E-state index contributed by atoms with van der Waals surface area (Å²) >= 11 is 0. The van der Waals surface area contributed by atoms with E-state index in [4.69, 9.17) is 0 Å². The second kappa shape index (κ2) is 7.20. The Kier molecular flexibility index (Phi) is 4.86. The van der Waals surface area contributed by atoms with Crippen molar-refractivity contribution in [2.45, 2.75) is 37.4 Å². The number of carbonyl (C=O) groups is 1. The summed E-state index contributed by atoms with van der Waals surface area (Å²) in [6.45, 7) is 1.60. The predicted molar refractivity (Wildman–Crippen MR) is 93.2 cm³/mol. The molecule has 5 nitrogen and oxygen atoms in total. The third kappa shape index (κ3) is 3.63. The van der Waals surface area contributed by atoms with Crippen LogP contribution in [0.15, 0.2) is 24.3 Å². The molecule has 4 rings (SSSR count). The van der Waals surface area contributed by atoms with Gasteiger partial charge < -0.3 is 10.2 Å². The van der Waals surface area contributed by atoms with E-state index in [9.17, 15) is 22.4 Å². The first-order valence-electron chi connectivity index (χ1n) is 9.27. The van der Waals surface area contributed by atoms with Crippen LogP contribution >= 0.6 is 0 Å². The van der Waals surface area contributed by atoms with Crippen LogP contribution in [0, 0.1) is 5.82 Å². The van der Waals surface area contributed by atoms with Gasteiger partial charge >= 0.3 is 6.18 Å². The Labute approximate surface area is 159 Å². The van der Waals surface area contributed by atoms with Crippen molar-refractivity contribution in [2.24, 2.45) is 0 Å². The predicted octanol–water partition coefficient (Wildman–Crippen LogP) is 3.62. The average Bonchev–Trinajstić information content (AvgIpc) is 3.40. The quantitative estimate of drug-likeness (QED) is 0.779. The molecule has 2 fully saturated rings. The molecule has 2 unspecified atom stereocenters. The van der Waals surface area contributed by atoms with Gasteiger partial charge in [-0.1, -0.05) is 6.07 Å². The van der Waals surface area contributed by atoms with Gasteiger partial charge in [0, 0.05) is 25.0 Å². The summed E-state index contributed by atoms with van der Waals surface area (Å²) in [4.78, 5) is 14.3. The van der Waals surface area contributed by atoms with Crippen LogP contribution in [-0.2, 0) is 6.18 Å². The fourth-order valence-electron chi connectivity index (χ4n) is 3.97. The number of H-pyrrole nitrogens is 1. The molecule has 0 aliphatic carbocycles. The molecule has 0 bridgehead atoms. The number of alkyl halides is 3. The number of nitrogens with one attached hydrogen (secondary N) is 2. The summed E-state index contributed by atoms with van der Waals surface area (Å²) in [6, 6.07) is 4.49. The number of aromatic amines is 1. The Hall–Kier alpha value is -2.42. The van der Waals surface area contributed by atoms with Crippen molar-refractivity contribution in [2.75, 3.05) is 19.6 Å². The van der Waals surface area contributed by atoms with E-state index in [-0.39, 0.29) is 30.0 Å². The van der Waals surface area contributed by atoms with E-state index in [1.54, 1.807) is 11.0 Å². The lowest BCUT2D eigenvalue weighted by Gasteiger charge is -2.16. The molecule has 9 heteroatoms. The number of hydrogen-bond donors (Lipinski definition) is 2. The molecule has 0 spiro atoms. The Morgan fingerprint density at radius 2 is 2.04 bits per heavy atom. The van der Waals surface area contributed by atoms with E-state index in [0.29, 0.717) is 24.7 Å². The van der Waals surface area contributed by atoms with Crippen LogP contribution in [0.4, 0.5) is 17.6 Å². The van der Waals surface area contributed by atoms with Crippen LogP contribution in [-0.4, -0.2) is 40.6 Å². The molecule has 0 radical (unpaired) electrons. The van der Waals surface area contributed by atoms with Crippen molar-refractivity contribution in [3.05, 3.63) is 52.6 Å². The van der Waals surface area contributed by atoms with E-state index in [0.717, 1.165) is 31.1 Å². The maximum absolute atomic E-state index is 14.2. The van der Waals surface area contributed by atoms with Gasteiger partial charge in [-0.05, 0) is 49.6 Å². The zero-order valence-electron chi connectivity index (χ0n) is 15.0. The van der Waals surface area contributed by atoms with Gasteiger partial charge in [0.2, 0.25) is 0 Å². The normalized spacial score (nSPS) is 22.8. The maximum Gasteiger partial charge on any atom is 0.416 e. The van der Waals surface area contributed by atoms with Gasteiger partial charge in [-0.25, -0.2) is 4.39 Å². The van der Waals surface area contributed by atoms with Crippen molar-refractivity contribution < 1.29 is 22.4 Å². The smallest absolute Gasteiger partial charge is 0.337 e. The van der Waals surface area contributed by atoms with Gasteiger partial charge in [0.1, 0.15) is 11.5 Å². The number of likely N-dealkylation sites (tertiary alicyclic amines) is 1. The van der Waals surface area contributed by atoms with E-state index >= 15 is 0 Å². The minimum Gasteiger partial charge on any atom is -0.337 e. The van der Waals surface area contributed by atoms with Crippen LogP contribution in [0.1, 0.15) is 58.5 Å². The standard InChI is InChI=1S/C19H20F4N4O/c20-14-8-12(19(21,22)23)3-4-13(14)11-5-7-27(10-11)18(28)17-9-16(25-26-17)15-2-1-6-24-15/h3-4,8-9,11,15,24H,1-2,5-7,10H2,(H,25,26). The lowest BCUT2D eigenvalue weighted by atomic mass is 9.96. The summed E-state index contributed by atoms with van der Waals surface area (Å²) in [7, 11) is 0. The summed E-state index contributed by atoms with van der Waals surface area (Å²) in [5.41, 5.74) is 0.369. The monoisotopic (exact) mass is 396 g/mol. The molecule has 2 saturated heterocycles. The SMILES string of the molecule is O=C(c1cc(C2CCCN2)[nH]n1)N1CCC(c2ccc(C(F)(F)F)cc2F)C1. The number of benzene rings is 1. The summed E-state index contributed by atoms with van der Waals surface area (Å²) < 4.78 is 52.4. The average molecular weight is 396 g/mol. The second-order valence-electron chi connectivity index (χ2n) is 7.33. The first-order chi connectivity index (χ1) is 13.3. The van der Waals surface area contributed by atoms with Gasteiger partial charge in [-0.2, -0.15) is 18.3 Å². The molecular weight excluding hydrogens is 376 g/mol. The number of amides is 1. The zero-order chi connectivity index (χ0) is 19.9. The van der Waals surface area contributed by atoms with Gasteiger partial charge in [0.05, 0.1) is 11.3 Å². The lowest BCUT2D eigenvalue weighted by Crippen LogP contribution is -2.28. The molecule has 1 amide bonds. The van der Waals surface area contributed by atoms with Gasteiger partial charge in [-0.15, -0.1) is 0 Å². The zero-order valence-corrected chi connectivity index (χ0v) is 15.0. The highest BCUT2D eigenvalue weighted by Gasteiger charge is 2.34. The molecule has 3 heterocycles. The number of carbonyl (C=O) groups excluding carboxylic acids is 1. The lowest BCUT2D eigenvalue weighted by molar-refractivity contribution is -0.137. The highest BCUT2D eigenvalue weighted by atomic mass is 19.4. The second-order valence-corrected chi connectivity index (χ2v) is 7.33. The first-order valence-corrected chi connectivity index (χ1v) is 9.27. The Bertz CT molecular complexity index is 873. The van der Waals surface area contributed by atoms with Gasteiger partial charge in [-0.3, -0.25) is 9.89 Å². The Morgan fingerprint density at radius 1 is 1.21 bits per heavy atom. The summed E-state index contributed by atoms with van der Waals surface area (Å²) in [5, 5.41) is 10.3. The van der Waals surface area contributed by atoms with Crippen molar-refractivity contribution in [1.82, 2.24) is 20.4 Å². The number of rotatable bonds is 3. The molecule has 1 aromatic heterocycles. The molecule has 1 aromatic carbocycles. The highest BCUT2D eigenvalue weighted by molar-refractivity contribution is 5.92. The number of aromatic nitrogens is 2. The molecule has 2 N–H and O–H groups in total. The molecule has 2 aliphatic rings. The van der Waals surface area contributed by atoms with E-state index in [2.05, 4.69) is 15.5 Å². The number of hydrogen-bond acceptors (Lipinski definition) is 3. The van der Waals surface area contributed by atoms with Crippen molar-refractivity contribution in [3.63, 3.8) is 0 Å². The largest absolute Gasteiger partial charge is 0.416 e. The molecular formula is C19H20F4N4O. The summed E-state index contributed by atoms with van der Waals surface area (Å²) in [6.07, 6.45) is -2.04. The minimum absolute atomic E-state index is 0.168. The number of nitrogens with zero attached hydrogens (tertiary/aromatic N) is 2. The molecule has 2 aliphatic heterocycles. The maximum atomic E-state index is 14.2. The first kappa shape index (κ1) is 18.9. The third-order valence-corrected chi connectivity index (χ3v) is 5.50. The molecule has 2 aromatic rings. The van der Waals surface area contributed by atoms with Crippen molar-refractivity contribution in [1.29, 1.82) is 0 Å². The number of halogens is 4. The van der Waals surface area contributed by atoms with Crippen LogP contribution in [0.2, 0.25) is 0 Å². The highest BCUT2D eigenvalue weighted by Crippen LogP contribution is 2.34. The van der Waals surface area contributed by atoms with Crippen LogP contribution in [0.3, 0.4) is 0 Å². The topological polar surface area (TPSA) is 61.0 Å². The fraction of sp³-hybridized carbons (Fsp3) is 0.474. The molecule has 28 heavy (non-hydrogen) atoms. The van der Waals surface area contributed by atoms with E-state index in [1.807, 2.05) is 0 Å². The van der Waals surface area contributed by atoms with E-state index < -0.39 is 17.6 Å². The Balaban J connectivity index is 1.44. The van der Waals surface area contributed by atoms with Gasteiger partial charge in [0.25, 0.3) is 5.91 Å². The Morgan fingerprint density at radius 3 is 2.71 bits per heavy atom. The minimum atomic E-state index is -4.58. The van der Waals surface area contributed by atoms with Crippen LogP contribution < -0.4 is 5.32 Å². The van der Waals surface area contributed by atoms with Crippen molar-refractivity contribution in [3.8, 4) is 0 Å².